The van der Waals surface area contributed by atoms with Gasteiger partial charge in [-0.3, -0.25) is 0 Å². The van der Waals surface area contributed by atoms with Crippen LogP contribution in [-0.2, 0) is 0 Å². The summed E-state index contributed by atoms with van der Waals surface area (Å²) in [7, 11) is 0. The molecule has 1 rings (SSSR count). The molecular weight excluding hydrogens is 181 g/mol. The molecule has 0 saturated heterocycles. The molecule has 0 aromatic heterocycles. The van der Waals surface area contributed by atoms with Gasteiger partial charge in [0.05, 0.1) is 6.54 Å². The van der Waals surface area contributed by atoms with Crippen LogP contribution in [0, 0.1) is 24.6 Å². The molecule has 0 aliphatic heterocycles. The SMILES string of the molecule is Cc1ccc(C#CCN=[N+]=[N-])cc1F. The molecule has 0 amide bonds. The molecule has 0 heterocycles. The van der Waals surface area contributed by atoms with E-state index in [1.165, 1.54) is 6.07 Å². The van der Waals surface area contributed by atoms with Crippen molar-refractivity contribution in [2.45, 2.75) is 6.92 Å². The minimum atomic E-state index is -0.277. The summed E-state index contributed by atoms with van der Waals surface area (Å²) in [4.78, 5) is 2.55. The second-order valence-electron chi connectivity index (χ2n) is 2.65. The molecule has 1 aromatic carbocycles. The van der Waals surface area contributed by atoms with E-state index < -0.39 is 0 Å². The molecule has 0 aliphatic carbocycles. The first kappa shape index (κ1) is 10.1. The molecule has 0 atom stereocenters. The molecule has 0 fully saturated rings. The van der Waals surface area contributed by atoms with Crippen LogP contribution in [0.1, 0.15) is 11.1 Å². The highest BCUT2D eigenvalue weighted by Crippen LogP contribution is 2.07. The van der Waals surface area contributed by atoms with Crippen molar-refractivity contribution in [3.63, 3.8) is 0 Å². The lowest BCUT2D eigenvalue weighted by atomic mass is 10.1. The largest absolute Gasteiger partial charge is 0.207 e. The van der Waals surface area contributed by atoms with Crippen LogP contribution in [0.15, 0.2) is 23.3 Å². The fraction of sp³-hybridized carbons (Fsp3) is 0.200. The minimum Gasteiger partial charge on any atom is -0.207 e. The maximum absolute atomic E-state index is 13.0. The van der Waals surface area contributed by atoms with Gasteiger partial charge in [-0.25, -0.2) is 4.39 Å². The van der Waals surface area contributed by atoms with Crippen LogP contribution in [0.4, 0.5) is 4.39 Å². The van der Waals surface area contributed by atoms with Gasteiger partial charge in [0.1, 0.15) is 5.82 Å². The molecule has 0 spiro atoms. The van der Waals surface area contributed by atoms with Crippen molar-refractivity contribution in [1.29, 1.82) is 0 Å². The van der Waals surface area contributed by atoms with E-state index in [-0.39, 0.29) is 12.4 Å². The van der Waals surface area contributed by atoms with Gasteiger partial charge >= 0.3 is 0 Å². The molecule has 0 aliphatic rings. The Balaban J connectivity index is 2.80. The second kappa shape index (κ2) is 4.90. The van der Waals surface area contributed by atoms with Gasteiger partial charge in [0, 0.05) is 10.5 Å². The summed E-state index contributed by atoms with van der Waals surface area (Å²) in [5.41, 5.74) is 9.15. The summed E-state index contributed by atoms with van der Waals surface area (Å²) in [5, 5.41) is 3.24. The third kappa shape index (κ3) is 2.81. The van der Waals surface area contributed by atoms with E-state index in [9.17, 15) is 4.39 Å². The highest BCUT2D eigenvalue weighted by atomic mass is 19.1. The van der Waals surface area contributed by atoms with E-state index in [1.54, 1.807) is 19.1 Å². The van der Waals surface area contributed by atoms with Gasteiger partial charge in [-0.05, 0) is 30.2 Å². The first-order chi connectivity index (χ1) is 6.74. The van der Waals surface area contributed by atoms with Crippen molar-refractivity contribution in [1.82, 2.24) is 0 Å². The standard InChI is InChI=1S/C10H8FN3/c1-8-4-5-9(7-10(8)11)3-2-6-13-14-12/h4-5,7H,6H2,1H3. The topological polar surface area (TPSA) is 48.8 Å². The number of hydrogen-bond donors (Lipinski definition) is 0. The monoisotopic (exact) mass is 189 g/mol. The molecule has 0 N–H and O–H groups in total. The van der Waals surface area contributed by atoms with E-state index in [0.717, 1.165) is 0 Å². The van der Waals surface area contributed by atoms with Gasteiger partial charge in [-0.2, -0.15) is 0 Å². The molecule has 4 heteroatoms. The maximum atomic E-state index is 13.0. The Labute approximate surface area is 81.2 Å². The molecule has 0 bridgehead atoms. The number of hydrogen-bond acceptors (Lipinski definition) is 1. The zero-order valence-electron chi connectivity index (χ0n) is 7.66. The van der Waals surface area contributed by atoms with Crippen molar-refractivity contribution in [2.24, 2.45) is 5.11 Å². The fourth-order valence-corrected chi connectivity index (χ4v) is 0.879. The van der Waals surface area contributed by atoms with E-state index in [4.69, 9.17) is 5.53 Å². The summed E-state index contributed by atoms with van der Waals surface area (Å²) < 4.78 is 13.0. The average molecular weight is 189 g/mol. The molecule has 0 radical (unpaired) electrons. The molecule has 0 saturated carbocycles. The van der Waals surface area contributed by atoms with Crippen LogP contribution >= 0.6 is 0 Å². The van der Waals surface area contributed by atoms with Crippen LogP contribution in [-0.4, -0.2) is 6.54 Å². The minimum absolute atomic E-state index is 0.103. The normalized spacial score (nSPS) is 8.43. The summed E-state index contributed by atoms with van der Waals surface area (Å²) >= 11 is 0. The smallest absolute Gasteiger partial charge is 0.127 e. The molecule has 70 valence electrons. The lowest BCUT2D eigenvalue weighted by Crippen LogP contribution is -1.83. The van der Waals surface area contributed by atoms with Crippen molar-refractivity contribution in [2.75, 3.05) is 6.54 Å². The number of benzene rings is 1. The number of nitrogens with zero attached hydrogens (tertiary/aromatic N) is 3. The van der Waals surface area contributed by atoms with Gasteiger partial charge in [-0.15, -0.1) is 0 Å². The number of halogens is 1. The summed E-state index contributed by atoms with van der Waals surface area (Å²) in [6, 6.07) is 4.74. The Morgan fingerprint density at radius 1 is 1.57 bits per heavy atom. The van der Waals surface area contributed by atoms with Crippen molar-refractivity contribution in [3.8, 4) is 11.8 Å². The Morgan fingerprint density at radius 2 is 2.36 bits per heavy atom. The van der Waals surface area contributed by atoms with Gasteiger partial charge in [0.2, 0.25) is 0 Å². The Hall–Kier alpha value is -1.98. The van der Waals surface area contributed by atoms with Gasteiger partial charge in [0.15, 0.2) is 0 Å². The summed E-state index contributed by atoms with van der Waals surface area (Å²) in [6.07, 6.45) is 0. The van der Waals surface area contributed by atoms with Crippen molar-refractivity contribution < 1.29 is 4.39 Å². The van der Waals surface area contributed by atoms with Crippen LogP contribution < -0.4 is 0 Å². The zero-order valence-corrected chi connectivity index (χ0v) is 7.66. The van der Waals surface area contributed by atoms with Gasteiger partial charge < -0.3 is 0 Å². The third-order valence-electron chi connectivity index (χ3n) is 1.62. The predicted molar refractivity (Wildman–Crippen MR) is 52.0 cm³/mol. The average Bonchev–Trinajstić information content (AvgIpc) is 2.18. The molecule has 3 nitrogen and oxygen atoms in total. The van der Waals surface area contributed by atoms with E-state index in [1.807, 2.05) is 0 Å². The predicted octanol–water partition coefficient (Wildman–Crippen LogP) is 2.80. The van der Waals surface area contributed by atoms with Gasteiger partial charge in [0.25, 0.3) is 0 Å². The molecule has 0 unspecified atom stereocenters. The highest BCUT2D eigenvalue weighted by molar-refractivity contribution is 5.36. The van der Waals surface area contributed by atoms with E-state index in [2.05, 4.69) is 21.9 Å². The number of aryl methyl sites for hydroxylation is 1. The number of azide groups is 1. The fourth-order valence-electron chi connectivity index (χ4n) is 0.879. The Kier molecular flexibility index (Phi) is 3.54. The van der Waals surface area contributed by atoms with Crippen LogP contribution in [0.3, 0.4) is 0 Å². The van der Waals surface area contributed by atoms with Crippen molar-refractivity contribution in [3.05, 3.63) is 45.6 Å². The molecule has 1 aromatic rings. The zero-order chi connectivity index (χ0) is 10.4. The molecule has 14 heavy (non-hydrogen) atoms. The summed E-state index contributed by atoms with van der Waals surface area (Å²) in [5.74, 6) is 5.03. The van der Waals surface area contributed by atoms with Crippen LogP contribution in [0.2, 0.25) is 0 Å². The first-order valence-electron chi connectivity index (χ1n) is 4.00. The lowest BCUT2D eigenvalue weighted by Gasteiger charge is -1.94. The van der Waals surface area contributed by atoms with Gasteiger partial charge in [-0.1, -0.05) is 23.0 Å². The quantitative estimate of drug-likeness (QED) is 0.282. The Morgan fingerprint density at radius 3 is 3.00 bits per heavy atom. The first-order valence-corrected chi connectivity index (χ1v) is 4.00. The highest BCUT2D eigenvalue weighted by Gasteiger charge is 1.95. The number of rotatable bonds is 1. The lowest BCUT2D eigenvalue weighted by molar-refractivity contribution is 0.618. The third-order valence-corrected chi connectivity index (χ3v) is 1.62. The second-order valence-corrected chi connectivity index (χ2v) is 2.65. The summed E-state index contributed by atoms with van der Waals surface area (Å²) in [6.45, 7) is 1.79. The van der Waals surface area contributed by atoms with E-state index in [0.29, 0.717) is 11.1 Å². The van der Waals surface area contributed by atoms with Crippen LogP contribution in [0.25, 0.3) is 10.4 Å². The van der Waals surface area contributed by atoms with Crippen LogP contribution in [0.5, 0.6) is 0 Å². The van der Waals surface area contributed by atoms with E-state index >= 15 is 0 Å². The Bertz CT molecular complexity index is 436. The maximum Gasteiger partial charge on any atom is 0.127 e. The van der Waals surface area contributed by atoms with Crippen molar-refractivity contribution >= 4 is 0 Å². The molecular formula is C10H8FN3.